The van der Waals surface area contributed by atoms with E-state index in [-0.39, 0.29) is 12.6 Å². The van der Waals surface area contributed by atoms with Gasteiger partial charge in [0.15, 0.2) is 5.82 Å². The number of aromatic nitrogens is 2. The van der Waals surface area contributed by atoms with Crippen molar-refractivity contribution in [2.75, 3.05) is 13.2 Å². The molecule has 1 aromatic rings. The number of nitrogens with zero attached hydrogens (tertiary/aromatic N) is 2. The standard InChI is InChI=1S/C14H20F3N3O/c1-2-18-11-5-3-4-6-12-10(11)7-19-13(20-12)8-21-9-14(15,16)17/h7,11,18H,2-6,8-9H2,1H3. The minimum atomic E-state index is -4.32. The summed E-state index contributed by atoms with van der Waals surface area (Å²) in [5.74, 6) is 0.315. The number of aryl methyl sites for hydroxylation is 1. The van der Waals surface area contributed by atoms with Crippen LogP contribution in [0.1, 0.15) is 49.3 Å². The predicted octanol–water partition coefficient (Wildman–Crippen LogP) is 2.93. The Morgan fingerprint density at radius 2 is 2.19 bits per heavy atom. The fraction of sp³-hybridized carbons (Fsp3) is 0.714. The first kappa shape index (κ1) is 16.2. The summed E-state index contributed by atoms with van der Waals surface area (Å²) < 4.78 is 40.8. The van der Waals surface area contributed by atoms with Crippen LogP contribution in [0, 0.1) is 0 Å². The van der Waals surface area contributed by atoms with E-state index < -0.39 is 12.8 Å². The maximum absolute atomic E-state index is 12.0. The van der Waals surface area contributed by atoms with Crippen LogP contribution in [0.3, 0.4) is 0 Å². The summed E-state index contributed by atoms with van der Waals surface area (Å²) in [6.07, 6.45) is 1.43. The Bertz CT molecular complexity index is 465. The van der Waals surface area contributed by atoms with E-state index in [4.69, 9.17) is 0 Å². The van der Waals surface area contributed by atoms with Gasteiger partial charge in [-0.1, -0.05) is 13.3 Å². The number of nitrogens with one attached hydrogen (secondary N) is 1. The molecule has 4 nitrogen and oxygen atoms in total. The quantitative estimate of drug-likeness (QED) is 0.850. The summed E-state index contributed by atoms with van der Waals surface area (Å²) in [5, 5.41) is 3.40. The van der Waals surface area contributed by atoms with Crippen molar-refractivity contribution in [2.24, 2.45) is 0 Å². The Morgan fingerprint density at radius 1 is 1.38 bits per heavy atom. The first-order chi connectivity index (χ1) is 9.99. The van der Waals surface area contributed by atoms with Crippen molar-refractivity contribution in [1.29, 1.82) is 0 Å². The molecule has 0 bridgehead atoms. The number of hydrogen-bond donors (Lipinski definition) is 1. The fourth-order valence-electron chi connectivity index (χ4n) is 2.54. The molecule has 1 aromatic heterocycles. The van der Waals surface area contributed by atoms with Crippen molar-refractivity contribution >= 4 is 0 Å². The van der Waals surface area contributed by atoms with Gasteiger partial charge in [-0.3, -0.25) is 0 Å². The van der Waals surface area contributed by atoms with Gasteiger partial charge in [-0.05, 0) is 25.8 Å². The molecule has 1 N–H and O–H groups in total. The molecule has 0 spiro atoms. The van der Waals surface area contributed by atoms with E-state index in [2.05, 4.69) is 20.0 Å². The minimum Gasteiger partial charge on any atom is -0.364 e. The summed E-state index contributed by atoms with van der Waals surface area (Å²) >= 11 is 0. The molecule has 2 rings (SSSR count). The van der Waals surface area contributed by atoms with Crippen LogP contribution in [0.25, 0.3) is 0 Å². The smallest absolute Gasteiger partial charge is 0.364 e. The van der Waals surface area contributed by atoms with Crippen molar-refractivity contribution < 1.29 is 17.9 Å². The third-order valence-electron chi connectivity index (χ3n) is 3.43. The van der Waals surface area contributed by atoms with Gasteiger partial charge in [0.1, 0.15) is 13.2 Å². The van der Waals surface area contributed by atoms with Gasteiger partial charge in [-0.25, -0.2) is 9.97 Å². The number of hydrogen-bond acceptors (Lipinski definition) is 4. The lowest BCUT2D eigenvalue weighted by Gasteiger charge is -2.18. The van der Waals surface area contributed by atoms with Crippen LogP contribution in [0.15, 0.2) is 6.20 Å². The van der Waals surface area contributed by atoms with Crippen LogP contribution < -0.4 is 5.32 Å². The summed E-state index contributed by atoms with van der Waals surface area (Å²) in [6, 6.07) is 0.234. The van der Waals surface area contributed by atoms with E-state index in [1.165, 1.54) is 0 Å². The third kappa shape index (κ3) is 4.93. The monoisotopic (exact) mass is 303 g/mol. The van der Waals surface area contributed by atoms with Crippen molar-refractivity contribution in [3.63, 3.8) is 0 Å². The van der Waals surface area contributed by atoms with Gasteiger partial charge in [-0.2, -0.15) is 13.2 Å². The highest BCUT2D eigenvalue weighted by atomic mass is 19.4. The average Bonchev–Trinajstić information content (AvgIpc) is 2.60. The van der Waals surface area contributed by atoms with Gasteiger partial charge < -0.3 is 10.1 Å². The van der Waals surface area contributed by atoms with Crippen LogP contribution in [0.5, 0.6) is 0 Å². The van der Waals surface area contributed by atoms with E-state index in [0.29, 0.717) is 5.82 Å². The molecule has 21 heavy (non-hydrogen) atoms. The van der Waals surface area contributed by atoms with Crippen molar-refractivity contribution in [3.8, 4) is 0 Å². The number of rotatable bonds is 5. The molecule has 1 aliphatic rings. The lowest BCUT2D eigenvalue weighted by Crippen LogP contribution is -2.22. The predicted molar refractivity (Wildman–Crippen MR) is 71.7 cm³/mol. The van der Waals surface area contributed by atoms with Crippen molar-refractivity contribution in [2.45, 2.75) is 51.4 Å². The zero-order valence-corrected chi connectivity index (χ0v) is 12.0. The van der Waals surface area contributed by atoms with Crippen molar-refractivity contribution in [1.82, 2.24) is 15.3 Å². The Hall–Kier alpha value is -1.21. The summed E-state index contributed by atoms with van der Waals surface area (Å²) in [5.41, 5.74) is 1.99. The van der Waals surface area contributed by atoms with E-state index >= 15 is 0 Å². The van der Waals surface area contributed by atoms with Gasteiger partial charge in [-0.15, -0.1) is 0 Å². The highest BCUT2D eigenvalue weighted by molar-refractivity contribution is 5.23. The molecule has 0 amide bonds. The Balaban J connectivity index is 2.05. The van der Waals surface area contributed by atoms with Gasteiger partial charge in [0.25, 0.3) is 0 Å². The molecule has 1 aliphatic carbocycles. The molecule has 0 aromatic carbocycles. The van der Waals surface area contributed by atoms with Crippen LogP contribution in [0.2, 0.25) is 0 Å². The molecule has 7 heteroatoms. The molecule has 1 atom stereocenters. The molecule has 1 heterocycles. The third-order valence-corrected chi connectivity index (χ3v) is 3.43. The highest BCUT2D eigenvalue weighted by Crippen LogP contribution is 2.27. The molecule has 1 unspecified atom stereocenters. The van der Waals surface area contributed by atoms with Crippen LogP contribution in [-0.4, -0.2) is 29.3 Å². The largest absolute Gasteiger partial charge is 0.411 e. The van der Waals surface area contributed by atoms with Gasteiger partial charge in [0.05, 0.1) is 0 Å². The molecule has 0 aliphatic heterocycles. The topological polar surface area (TPSA) is 47.0 Å². The van der Waals surface area contributed by atoms with Crippen molar-refractivity contribution in [3.05, 3.63) is 23.3 Å². The Kier molecular flexibility index (Phi) is 5.52. The van der Waals surface area contributed by atoms with Crippen LogP contribution >= 0.6 is 0 Å². The van der Waals surface area contributed by atoms with E-state index in [1.54, 1.807) is 6.20 Å². The lowest BCUT2D eigenvalue weighted by molar-refractivity contribution is -0.177. The molecule has 0 saturated heterocycles. The van der Waals surface area contributed by atoms with Crippen LogP contribution in [-0.2, 0) is 17.8 Å². The second kappa shape index (κ2) is 7.17. The number of alkyl halides is 3. The summed E-state index contributed by atoms with van der Waals surface area (Å²) in [6.45, 7) is 1.43. The summed E-state index contributed by atoms with van der Waals surface area (Å²) in [4.78, 5) is 8.52. The zero-order chi connectivity index (χ0) is 15.3. The Labute approximate surface area is 122 Å². The maximum atomic E-state index is 12.0. The number of ether oxygens (including phenoxy) is 1. The SMILES string of the molecule is CCNC1CCCCc2nc(COCC(F)(F)F)ncc21. The lowest BCUT2D eigenvalue weighted by atomic mass is 10.1. The minimum absolute atomic E-state index is 0.210. The maximum Gasteiger partial charge on any atom is 0.411 e. The van der Waals surface area contributed by atoms with E-state index in [9.17, 15) is 13.2 Å². The number of halogens is 3. The number of fused-ring (bicyclic) bond motifs is 1. The summed E-state index contributed by atoms with van der Waals surface area (Å²) in [7, 11) is 0. The highest BCUT2D eigenvalue weighted by Gasteiger charge is 2.27. The second-order valence-corrected chi connectivity index (χ2v) is 5.15. The molecule has 118 valence electrons. The first-order valence-corrected chi connectivity index (χ1v) is 7.22. The average molecular weight is 303 g/mol. The molecule has 0 radical (unpaired) electrons. The molecule has 0 fully saturated rings. The Morgan fingerprint density at radius 3 is 2.90 bits per heavy atom. The second-order valence-electron chi connectivity index (χ2n) is 5.15. The van der Waals surface area contributed by atoms with Gasteiger partial charge in [0.2, 0.25) is 0 Å². The normalized spacial score (nSPS) is 19.1. The molecular formula is C14H20F3N3O. The van der Waals surface area contributed by atoms with Gasteiger partial charge in [0, 0.05) is 23.5 Å². The fourth-order valence-corrected chi connectivity index (χ4v) is 2.54. The first-order valence-electron chi connectivity index (χ1n) is 7.22. The molecular weight excluding hydrogens is 283 g/mol. The van der Waals surface area contributed by atoms with E-state index in [1.807, 2.05) is 6.92 Å². The molecule has 0 saturated carbocycles. The zero-order valence-electron chi connectivity index (χ0n) is 12.0. The van der Waals surface area contributed by atoms with Gasteiger partial charge >= 0.3 is 6.18 Å². The van der Waals surface area contributed by atoms with E-state index in [0.717, 1.165) is 43.5 Å². The van der Waals surface area contributed by atoms with Crippen LogP contribution in [0.4, 0.5) is 13.2 Å².